The van der Waals surface area contributed by atoms with Crippen molar-refractivity contribution >= 4 is 28.9 Å². The fraction of sp³-hybridized carbons (Fsp3) is 0.0909. The second kappa shape index (κ2) is 5.32. The first kappa shape index (κ1) is 13.2. The Balaban J connectivity index is 2.08. The lowest BCUT2D eigenvalue weighted by Crippen LogP contribution is -2.02. The van der Waals surface area contributed by atoms with Crippen LogP contribution in [-0.2, 0) is 0 Å². The number of aromatic nitrogens is 5. The van der Waals surface area contributed by atoms with Crippen LogP contribution in [0.3, 0.4) is 0 Å². The van der Waals surface area contributed by atoms with Crippen LogP contribution >= 0.6 is 11.8 Å². The van der Waals surface area contributed by atoms with Crippen LogP contribution in [0.15, 0.2) is 40.9 Å². The van der Waals surface area contributed by atoms with Crippen molar-refractivity contribution in [3.8, 4) is 0 Å². The molecule has 106 valence electrons. The highest BCUT2D eigenvalue weighted by molar-refractivity contribution is 7.99. The van der Waals surface area contributed by atoms with Gasteiger partial charge >= 0.3 is 5.69 Å². The second-order valence-corrected chi connectivity index (χ2v) is 4.85. The van der Waals surface area contributed by atoms with Crippen LogP contribution < -0.4 is 5.32 Å². The van der Waals surface area contributed by atoms with Gasteiger partial charge in [-0.2, -0.15) is 0 Å². The molecule has 10 heteroatoms. The third-order valence-corrected chi connectivity index (χ3v) is 3.63. The van der Waals surface area contributed by atoms with E-state index in [0.29, 0.717) is 10.8 Å². The Hall–Kier alpha value is -2.75. The molecule has 0 fully saturated rings. The summed E-state index contributed by atoms with van der Waals surface area (Å²) >= 11 is 1.06. The Kier molecular flexibility index (Phi) is 3.36. The lowest BCUT2D eigenvalue weighted by atomic mass is 10.5. The monoisotopic (exact) mass is 303 g/mol. The van der Waals surface area contributed by atoms with E-state index in [2.05, 4.69) is 25.5 Å². The summed E-state index contributed by atoms with van der Waals surface area (Å²) in [5, 5.41) is 22.6. The molecule has 0 aliphatic heterocycles. The van der Waals surface area contributed by atoms with Crippen molar-refractivity contribution < 1.29 is 4.92 Å². The van der Waals surface area contributed by atoms with E-state index in [1.807, 2.05) is 12.1 Å². The first-order valence-electron chi connectivity index (χ1n) is 5.85. The van der Waals surface area contributed by atoms with Gasteiger partial charge in [0.2, 0.25) is 11.0 Å². The molecule has 0 spiro atoms. The molecule has 0 atom stereocenters. The predicted octanol–water partition coefficient (Wildman–Crippen LogP) is 1.62. The average Bonchev–Trinajstić information content (AvgIpc) is 2.90. The molecule has 3 aromatic rings. The number of rotatable bonds is 4. The van der Waals surface area contributed by atoms with Gasteiger partial charge in [0.05, 0.1) is 4.92 Å². The van der Waals surface area contributed by atoms with Crippen LogP contribution in [0, 0.1) is 10.1 Å². The topological polar surface area (TPSA) is 111 Å². The smallest absolute Gasteiger partial charge is 0.343 e. The molecule has 1 N–H and O–H groups in total. The molecule has 0 aliphatic rings. The number of nitrogens with one attached hydrogen (secondary N) is 1. The summed E-state index contributed by atoms with van der Waals surface area (Å²) in [5.74, 6) is 0.159. The van der Waals surface area contributed by atoms with E-state index in [-0.39, 0.29) is 16.5 Å². The third kappa shape index (κ3) is 2.36. The molecule has 0 bridgehead atoms. The van der Waals surface area contributed by atoms with Crippen LogP contribution in [0.2, 0.25) is 0 Å². The SMILES string of the molecule is CNc1ncnc(Sc2nnc3ccccn23)c1[N+](=O)[O-]. The summed E-state index contributed by atoms with van der Waals surface area (Å²) in [6.45, 7) is 0. The van der Waals surface area contributed by atoms with Gasteiger partial charge in [0.15, 0.2) is 10.7 Å². The van der Waals surface area contributed by atoms with Crippen LogP contribution in [0.5, 0.6) is 0 Å². The Labute approximate surface area is 122 Å². The van der Waals surface area contributed by atoms with Crippen molar-refractivity contribution in [2.45, 2.75) is 10.2 Å². The maximum Gasteiger partial charge on any atom is 0.343 e. The van der Waals surface area contributed by atoms with Gasteiger partial charge in [-0.25, -0.2) is 9.97 Å². The number of nitro groups is 1. The normalized spacial score (nSPS) is 10.7. The molecular weight excluding hydrogens is 294 g/mol. The fourth-order valence-electron chi connectivity index (χ4n) is 1.76. The van der Waals surface area contributed by atoms with Crippen molar-refractivity contribution in [3.63, 3.8) is 0 Å². The lowest BCUT2D eigenvalue weighted by Gasteiger charge is -2.04. The van der Waals surface area contributed by atoms with E-state index in [9.17, 15) is 10.1 Å². The van der Waals surface area contributed by atoms with Gasteiger partial charge in [-0.05, 0) is 23.9 Å². The average molecular weight is 303 g/mol. The highest BCUT2D eigenvalue weighted by atomic mass is 32.2. The minimum Gasteiger partial charge on any atom is -0.367 e. The second-order valence-electron chi connectivity index (χ2n) is 3.90. The first-order chi connectivity index (χ1) is 10.2. The van der Waals surface area contributed by atoms with Gasteiger partial charge in [-0.3, -0.25) is 14.5 Å². The molecule has 21 heavy (non-hydrogen) atoms. The predicted molar refractivity (Wildman–Crippen MR) is 75.3 cm³/mol. The standard InChI is InChI=1S/C11H9N7O2S/c1-12-9-8(18(19)20)10(14-6-13-9)21-11-16-15-7-4-2-3-5-17(7)11/h2-6H,1H3,(H,12,13,14). The van der Waals surface area contributed by atoms with E-state index in [0.717, 1.165) is 11.8 Å². The molecule has 3 rings (SSSR count). The Morgan fingerprint density at radius 2 is 2.19 bits per heavy atom. The zero-order valence-electron chi connectivity index (χ0n) is 10.8. The van der Waals surface area contributed by atoms with Crippen LogP contribution in [-0.4, -0.2) is 36.5 Å². The van der Waals surface area contributed by atoms with Crippen molar-refractivity contribution in [2.75, 3.05) is 12.4 Å². The number of hydrogen-bond acceptors (Lipinski definition) is 8. The van der Waals surface area contributed by atoms with Gasteiger partial charge < -0.3 is 5.32 Å². The quantitative estimate of drug-likeness (QED) is 0.439. The molecule has 0 unspecified atom stereocenters. The first-order valence-corrected chi connectivity index (χ1v) is 6.67. The highest BCUT2D eigenvalue weighted by Crippen LogP contribution is 2.35. The van der Waals surface area contributed by atoms with Gasteiger partial charge in [0.1, 0.15) is 6.33 Å². The molecule has 0 aromatic carbocycles. The number of fused-ring (bicyclic) bond motifs is 1. The maximum absolute atomic E-state index is 11.2. The number of nitrogens with zero attached hydrogens (tertiary/aromatic N) is 6. The summed E-state index contributed by atoms with van der Waals surface area (Å²) in [5.41, 5.74) is 0.475. The Morgan fingerprint density at radius 1 is 1.33 bits per heavy atom. The number of hydrogen-bond donors (Lipinski definition) is 1. The minimum absolute atomic E-state index is 0.159. The van der Waals surface area contributed by atoms with E-state index < -0.39 is 4.92 Å². The van der Waals surface area contributed by atoms with Gasteiger partial charge in [0.25, 0.3) is 0 Å². The largest absolute Gasteiger partial charge is 0.367 e. The summed E-state index contributed by atoms with van der Waals surface area (Å²) in [4.78, 5) is 18.5. The maximum atomic E-state index is 11.2. The van der Waals surface area contributed by atoms with E-state index >= 15 is 0 Å². The zero-order chi connectivity index (χ0) is 14.8. The molecule has 3 aromatic heterocycles. The van der Waals surface area contributed by atoms with Crippen molar-refractivity contribution in [1.29, 1.82) is 0 Å². The highest BCUT2D eigenvalue weighted by Gasteiger charge is 2.24. The molecular formula is C11H9N7O2S. The van der Waals surface area contributed by atoms with Crippen molar-refractivity contribution in [2.24, 2.45) is 0 Å². The minimum atomic E-state index is -0.516. The van der Waals surface area contributed by atoms with E-state index in [1.54, 1.807) is 23.7 Å². The number of pyridine rings is 1. The zero-order valence-corrected chi connectivity index (χ0v) is 11.6. The number of anilines is 1. The van der Waals surface area contributed by atoms with Gasteiger partial charge in [0, 0.05) is 13.2 Å². The molecule has 0 aliphatic carbocycles. The van der Waals surface area contributed by atoms with Crippen molar-refractivity contribution in [1.82, 2.24) is 24.6 Å². The summed E-state index contributed by atoms with van der Waals surface area (Å²) < 4.78 is 1.73. The Bertz CT molecular complexity index is 819. The molecule has 0 saturated carbocycles. The van der Waals surface area contributed by atoms with E-state index in [1.165, 1.54) is 6.33 Å². The third-order valence-electron chi connectivity index (χ3n) is 2.68. The fourth-order valence-corrected chi connectivity index (χ4v) is 2.64. The summed E-state index contributed by atoms with van der Waals surface area (Å²) in [7, 11) is 1.57. The molecule has 0 radical (unpaired) electrons. The van der Waals surface area contributed by atoms with Crippen LogP contribution in [0.4, 0.5) is 11.5 Å². The van der Waals surface area contributed by atoms with Crippen molar-refractivity contribution in [3.05, 3.63) is 40.8 Å². The molecule has 9 nitrogen and oxygen atoms in total. The van der Waals surface area contributed by atoms with Gasteiger partial charge in [-0.15, -0.1) is 10.2 Å². The molecule has 0 amide bonds. The summed E-state index contributed by atoms with van der Waals surface area (Å²) in [6, 6.07) is 5.46. The molecule has 0 saturated heterocycles. The van der Waals surface area contributed by atoms with Gasteiger partial charge in [-0.1, -0.05) is 6.07 Å². The summed E-state index contributed by atoms with van der Waals surface area (Å²) in [6.07, 6.45) is 3.05. The van der Waals surface area contributed by atoms with Crippen LogP contribution in [0.25, 0.3) is 5.65 Å². The van der Waals surface area contributed by atoms with E-state index in [4.69, 9.17) is 0 Å². The van der Waals surface area contributed by atoms with Crippen LogP contribution in [0.1, 0.15) is 0 Å². The molecule has 3 heterocycles. The lowest BCUT2D eigenvalue weighted by molar-refractivity contribution is -0.387. The Morgan fingerprint density at radius 3 is 2.95 bits per heavy atom.